The summed E-state index contributed by atoms with van der Waals surface area (Å²) in [6.07, 6.45) is 3.21. The molecule has 0 unspecified atom stereocenters. The number of fused-ring (bicyclic) bond motifs is 1. The molecule has 0 atom stereocenters. The zero-order valence-electron chi connectivity index (χ0n) is 12.6. The van der Waals surface area contributed by atoms with Gasteiger partial charge in [0.25, 0.3) is 5.91 Å². The van der Waals surface area contributed by atoms with Crippen molar-refractivity contribution in [1.82, 2.24) is 9.55 Å². The number of rotatable bonds is 2. The molecule has 7 heteroatoms. The highest BCUT2D eigenvalue weighted by molar-refractivity contribution is 7.10. The molecule has 0 bridgehead atoms. The van der Waals surface area contributed by atoms with Gasteiger partial charge in [-0.25, -0.2) is 9.37 Å². The van der Waals surface area contributed by atoms with Crippen LogP contribution < -0.4 is 5.32 Å². The van der Waals surface area contributed by atoms with Gasteiger partial charge in [0, 0.05) is 18.6 Å². The Bertz CT molecular complexity index is 1020. The van der Waals surface area contributed by atoms with Crippen molar-refractivity contribution in [1.29, 1.82) is 0 Å². The lowest BCUT2D eigenvalue weighted by Crippen LogP contribution is -2.11. The maximum atomic E-state index is 13.0. The van der Waals surface area contributed by atoms with Crippen LogP contribution in [0.15, 0.2) is 43.0 Å². The number of amides is 1. The second-order valence-electron chi connectivity index (χ2n) is 4.96. The first-order valence-electron chi connectivity index (χ1n) is 6.82. The average molecular weight is 343 g/mol. The smallest absolute Gasteiger partial charge is 0.283 e. The van der Waals surface area contributed by atoms with Crippen molar-refractivity contribution in [3.05, 3.63) is 58.6 Å². The van der Waals surface area contributed by atoms with E-state index >= 15 is 0 Å². The van der Waals surface area contributed by atoms with Crippen molar-refractivity contribution >= 4 is 34.0 Å². The Balaban J connectivity index is 2.00. The van der Waals surface area contributed by atoms with Crippen LogP contribution in [0.1, 0.15) is 10.4 Å². The van der Waals surface area contributed by atoms with Gasteiger partial charge in [0.15, 0.2) is 11.0 Å². The third-order valence-corrected chi connectivity index (χ3v) is 4.00. The lowest BCUT2D eigenvalue weighted by Gasteiger charge is -2.03. The standard InChI is InChI=1S/C17H11F2N3OS/c1-10(18)17(23)21-12-7-14-11(9-22(2)16(14)20-8-12)3-4-13-5-6-15(19)24-13/h5-9H,1H2,2H3,(H,21,23). The highest BCUT2D eigenvalue weighted by atomic mass is 32.1. The summed E-state index contributed by atoms with van der Waals surface area (Å²) in [5.74, 6) is 3.86. The summed E-state index contributed by atoms with van der Waals surface area (Å²) in [7, 11) is 1.81. The Labute approximate surface area is 140 Å². The number of halogens is 2. The summed E-state index contributed by atoms with van der Waals surface area (Å²) in [5, 5.41) is 2.77. The normalized spacial score (nSPS) is 10.3. The molecule has 0 radical (unpaired) electrons. The molecule has 1 amide bonds. The third-order valence-electron chi connectivity index (χ3n) is 3.21. The van der Waals surface area contributed by atoms with Crippen LogP contribution >= 0.6 is 11.3 Å². The van der Waals surface area contributed by atoms with Crippen LogP contribution in [0.3, 0.4) is 0 Å². The maximum absolute atomic E-state index is 13.0. The van der Waals surface area contributed by atoms with Crippen molar-refractivity contribution in [3.8, 4) is 11.8 Å². The molecule has 1 N–H and O–H groups in total. The number of thiophene rings is 1. The molecular formula is C17H11F2N3OS. The molecule has 0 aliphatic carbocycles. The minimum Gasteiger partial charge on any atom is -0.334 e. The zero-order chi connectivity index (χ0) is 17.3. The zero-order valence-corrected chi connectivity index (χ0v) is 13.4. The van der Waals surface area contributed by atoms with E-state index < -0.39 is 11.7 Å². The number of pyridine rings is 1. The van der Waals surface area contributed by atoms with Crippen molar-refractivity contribution in [3.63, 3.8) is 0 Å². The molecular weight excluding hydrogens is 332 g/mol. The first-order valence-corrected chi connectivity index (χ1v) is 7.64. The number of nitrogens with one attached hydrogen (secondary N) is 1. The minimum atomic E-state index is -1.08. The van der Waals surface area contributed by atoms with Gasteiger partial charge in [0.2, 0.25) is 0 Å². The van der Waals surface area contributed by atoms with E-state index in [0.29, 0.717) is 27.2 Å². The van der Waals surface area contributed by atoms with E-state index in [-0.39, 0.29) is 5.13 Å². The molecule has 3 heterocycles. The lowest BCUT2D eigenvalue weighted by molar-refractivity contribution is -0.114. The van der Waals surface area contributed by atoms with Gasteiger partial charge in [-0.05, 0) is 18.2 Å². The van der Waals surface area contributed by atoms with Gasteiger partial charge in [-0.2, -0.15) is 4.39 Å². The predicted molar refractivity (Wildman–Crippen MR) is 89.8 cm³/mol. The molecule has 3 aromatic heterocycles. The fraction of sp³-hybridized carbons (Fsp3) is 0.0588. The summed E-state index contributed by atoms with van der Waals surface area (Å²) in [5.41, 5.74) is 1.67. The summed E-state index contributed by atoms with van der Waals surface area (Å²) < 4.78 is 27.6. The van der Waals surface area contributed by atoms with E-state index in [1.165, 1.54) is 12.3 Å². The van der Waals surface area contributed by atoms with Crippen molar-refractivity contribution in [2.75, 3.05) is 5.32 Å². The van der Waals surface area contributed by atoms with E-state index in [1.54, 1.807) is 22.9 Å². The molecule has 0 aromatic carbocycles. The van der Waals surface area contributed by atoms with Crippen molar-refractivity contribution < 1.29 is 13.6 Å². The first-order chi connectivity index (χ1) is 11.4. The molecule has 0 saturated carbocycles. The molecule has 0 fully saturated rings. The second-order valence-corrected chi connectivity index (χ2v) is 6.00. The van der Waals surface area contributed by atoms with E-state index in [2.05, 4.69) is 28.7 Å². The van der Waals surface area contributed by atoms with Crippen molar-refractivity contribution in [2.24, 2.45) is 7.05 Å². The first kappa shape index (κ1) is 15.9. The van der Waals surface area contributed by atoms with Crippen LogP contribution in [0.25, 0.3) is 11.0 Å². The van der Waals surface area contributed by atoms with Gasteiger partial charge in [0.05, 0.1) is 22.3 Å². The number of nitrogens with zero attached hydrogens (tertiary/aromatic N) is 2. The lowest BCUT2D eigenvalue weighted by atomic mass is 10.2. The van der Waals surface area contributed by atoms with Crippen LogP contribution in [0, 0.1) is 17.0 Å². The van der Waals surface area contributed by atoms with Crippen LogP contribution in [-0.4, -0.2) is 15.5 Å². The fourth-order valence-electron chi connectivity index (χ4n) is 2.14. The van der Waals surface area contributed by atoms with Gasteiger partial charge in [-0.15, -0.1) is 0 Å². The van der Waals surface area contributed by atoms with E-state index in [4.69, 9.17) is 0 Å². The highest BCUT2D eigenvalue weighted by Gasteiger charge is 2.10. The summed E-state index contributed by atoms with van der Waals surface area (Å²) >= 11 is 0.963. The minimum absolute atomic E-state index is 0.296. The van der Waals surface area contributed by atoms with Crippen LogP contribution in [0.2, 0.25) is 0 Å². The summed E-state index contributed by atoms with van der Waals surface area (Å²) in [6, 6.07) is 4.62. The molecule has 120 valence electrons. The number of hydrogen-bond acceptors (Lipinski definition) is 3. The molecule has 0 aliphatic rings. The topological polar surface area (TPSA) is 46.9 Å². The number of carbonyl (C=O) groups excluding carboxylic acids is 1. The van der Waals surface area contributed by atoms with E-state index in [1.807, 2.05) is 7.05 Å². The summed E-state index contributed by atoms with van der Waals surface area (Å²) in [4.78, 5) is 16.2. The highest BCUT2D eigenvalue weighted by Crippen LogP contribution is 2.22. The monoisotopic (exact) mass is 343 g/mol. The van der Waals surface area contributed by atoms with Crippen LogP contribution in [-0.2, 0) is 11.8 Å². The Morgan fingerprint density at radius 1 is 1.42 bits per heavy atom. The Kier molecular flexibility index (Phi) is 4.15. The molecule has 3 rings (SSSR count). The number of carbonyl (C=O) groups is 1. The molecule has 0 spiro atoms. The van der Waals surface area contributed by atoms with Crippen LogP contribution in [0.5, 0.6) is 0 Å². The van der Waals surface area contributed by atoms with Gasteiger partial charge >= 0.3 is 0 Å². The predicted octanol–water partition coefficient (Wildman–Crippen LogP) is 3.60. The van der Waals surface area contributed by atoms with Crippen molar-refractivity contribution in [2.45, 2.75) is 0 Å². The van der Waals surface area contributed by atoms with Gasteiger partial charge in [-0.3, -0.25) is 4.79 Å². The van der Waals surface area contributed by atoms with Gasteiger partial charge in [0.1, 0.15) is 5.65 Å². The molecule has 4 nitrogen and oxygen atoms in total. The fourth-order valence-corrected chi connectivity index (χ4v) is 2.72. The van der Waals surface area contributed by atoms with Gasteiger partial charge < -0.3 is 9.88 Å². The Hall–Kier alpha value is -2.98. The molecule has 24 heavy (non-hydrogen) atoms. The number of anilines is 1. The summed E-state index contributed by atoms with van der Waals surface area (Å²) in [6.45, 7) is 2.95. The Morgan fingerprint density at radius 3 is 2.88 bits per heavy atom. The number of aromatic nitrogens is 2. The third kappa shape index (κ3) is 3.19. The molecule has 0 saturated heterocycles. The van der Waals surface area contributed by atoms with Crippen LogP contribution in [0.4, 0.5) is 14.5 Å². The average Bonchev–Trinajstić information content (AvgIpc) is 3.09. The quantitative estimate of drug-likeness (QED) is 0.571. The second kappa shape index (κ2) is 6.26. The molecule has 0 aliphatic heterocycles. The largest absolute Gasteiger partial charge is 0.334 e. The maximum Gasteiger partial charge on any atom is 0.283 e. The molecule has 3 aromatic rings. The van der Waals surface area contributed by atoms with E-state index in [9.17, 15) is 13.6 Å². The number of aryl methyl sites for hydroxylation is 1. The SMILES string of the molecule is C=C(F)C(=O)Nc1cnc2c(c1)c(C#Cc1ccc(F)s1)cn2C. The number of hydrogen-bond donors (Lipinski definition) is 1. The van der Waals surface area contributed by atoms with E-state index in [0.717, 1.165) is 11.3 Å². The Morgan fingerprint density at radius 2 is 2.21 bits per heavy atom. The van der Waals surface area contributed by atoms with Gasteiger partial charge in [-0.1, -0.05) is 29.8 Å².